The summed E-state index contributed by atoms with van der Waals surface area (Å²) < 4.78 is 13.6. The van der Waals surface area contributed by atoms with E-state index in [-0.39, 0.29) is 5.82 Å². The molecule has 0 saturated heterocycles. The quantitative estimate of drug-likeness (QED) is 0.864. The Morgan fingerprint density at radius 3 is 2.83 bits per heavy atom. The number of halogens is 1. The maximum Gasteiger partial charge on any atom is 0.127 e. The highest BCUT2D eigenvalue weighted by atomic mass is 19.1. The van der Waals surface area contributed by atoms with Crippen LogP contribution in [0.5, 0.6) is 0 Å². The number of hydrogen-bond donors (Lipinski definition) is 1. The lowest BCUT2D eigenvalue weighted by atomic mass is 10.1. The molecular formula is C15H23FN2. The minimum absolute atomic E-state index is 0.0950. The van der Waals surface area contributed by atoms with Crippen LogP contribution in [0.15, 0.2) is 24.3 Å². The monoisotopic (exact) mass is 250 g/mol. The first kappa shape index (κ1) is 13.5. The average Bonchev–Trinajstić information content (AvgIpc) is 2.81. The minimum Gasteiger partial charge on any atom is -0.313 e. The Labute approximate surface area is 109 Å². The largest absolute Gasteiger partial charge is 0.313 e. The number of likely N-dealkylation sites (N-methyl/N-ethyl adjacent to an activating group) is 2. The highest BCUT2D eigenvalue weighted by molar-refractivity contribution is 5.17. The molecule has 2 atom stereocenters. The van der Waals surface area contributed by atoms with E-state index >= 15 is 0 Å². The average molecular weight is 250 g/mol. The van der Waals surface area contributed by atoms with Crippen molar-refractivity contribution < 1.29 is 4.39 Å². The Bertz CT molecular complexity index is 381. The number of hydrogen-bond acceptors (Lipinski definition) is 2. The van der Waals surface area contributed by atoms with E-state index in [4.69, 9.17) is 0 Å². The Hall–Kier alpha value is -0.930. The first-order valence-electron chi connectivity index (χ1n) is 6.89. The molecule has 1 aromatic carbocycles. The number of nitrogens with zero attached hydrogens (tertiary/aromatic N) is 1. The van der Waals surface area contributed by atoms with Gasteiger partial charge in [-0.15, -0.1) is 0 Å². The van der Waals surface area contributed by atoms with Crippen LogP contribution in [0.25, 0.3) is 0 Å². The third-order valence-electron chi connectivity index (χ3n) is 3.89. The Morgan fingerprint density at radius 2 is 2.11 bits per heavy atom. The third kappa shape index (κ3) is 3.09. The Balaban J connectivity index is 1.99. The van der Waals surface area contributed by atoms with E-state index in [9.17, 15) is 4.39 Å². The lowest BCUT2D eigenvalue weighted by Crippen LogP contribution is -2.44. The van der Waals surface area contributed by atoms with Gasteiger partial charge in [-0.05, 0) is 32.5 Å². The van der Waals surface area contributed by atoms with Crippen molar-refractivity contribution in [3.63, 3.8) is 0 Å². The zero-order valence-electron chi connectivity index (χ0n) is 11.3. The number of benzene rings is 1. The third-order valence-corrected chi connectivity index (χ3v) is 3.89. The molecule has 1 saturated carbocycles. The van der Waals surface area contributed by atoms with Crippen LogP contribution in [-0.2, 0) is 6.54 Å². The van der Waals surface area contributed by atoms with Gasteiger partial charge in [-0.1, -0.05) is 31.5 Å². The van der Waals surface area contributed by atoms with E-state index in [2.05, 4.69) is 24.2 Å². The van der Waals surface area contributed by atoms with E-state index < -0.39 is 0 Å². The fourth-order valence-electron chi connectivity index (χ4n) is 2.98. The SMILES string of the molecule is CCNC1CCCC1N(C)Cc1ccccc1F. The van der Waals surface area contributed by atoms with Gasteiger partial charge in [0.15, 0.2) is 0 Å². The van der Waals surface area contributed by atoms with E-state index in [1.54, 1.807) is 12.1 Å². The van der Waals surface area contributed by atoms with Crippen molar-refractivity contribution in [2.24, 2.45) is 0 Å². The minimum atomic E-state index is -0.0950. The van der Waals surface area contributed by atoms with E-state index in [1.165, 1.54) is 19.3 Å². The molecule has 2 nitrogen and oxygen atoms in total. The predicted octanol–water partition coefficient (Wildman–Crippen LogP) is 2.79. The van der Waals surface area contributed by atoms with Gasteiger partial charge >= 0.3 is 0 Å². The molecule has 2 unspecified atom stereocenters. The van der Waals surface area contributed by atoms with Crippen LogP contribution in [0.1, 0.15) is 31.7 Å². The molecule has 1 fully saturated rings. The van der Waals surface area contributed by atoms with Crippen molar-refractivity contribution >= 4 is 0 Å². The summed E-state index contributed by atoms with van der Waals surface area (Å²) in [4.78, 5) is 2.29. The van der Waals surface area contributed by atoms with Crippen molar-refractivity contribution in [2.45, 2.75) is 44.8 Å². The maximum absolute atomic E-state index is 13.6. The van der Waals surface area contributed by atoms with Gasteiger partial charge in [0.25, 0.3) is 0 Å². The summed E-state index contributed by atoms with van der Waals surface area (Å²) in [6.07, 6.45) is 3.71. The summed E-state index contributed by atoms with van der Waals surface area (Å²) in [5, 5.41) is 3.54. The second-order valence-electron chi connectivity index (χ2n) is 5.17. The zero-order valence-corrected chi connectivity index (χ0v) is 11.3. The van der Waals surface area contributed by atoms with Crippen LogP contribution in [0.4, 0.5) is 4.39 Å². The second kappa shape index (κ2) is 6.30. The smallest absolute Gasteiger partial charge is 0.127 e. The van der Waals surface area contributed by atoms with Crippen LogP contribution < -0.4 is 5.32 Å². The molecule has 18 heavy (non-hydrogen) atoms. The molecule has 0 radical (unpaired) electrons. The van der Waals surface area contributed by atoms with Gasteiger partial charge in [0.05, 0.1) is 0 Å². The van der Waals surface area contributed by atoms with Crippen LogP contribution in [0.2, 0.25) is 0 Å². The second-order valence-corrected chi connectivity index (χ2v) is 5.17. The molecule has 1 N–H and O–H groups in total. The standard InChI is InChI=1S/C15H23FN2/c1-3-17-14-9-6-10-15(14)18(2)11-12-7-4-5-8-13(12)16/h4-5,7-8,14-15,17H,3,6,9-11H2,1-2H3. The van der Waals surface area contributed by atoms with Crippen molar-refractivity contribution in [1.29, 1.82) is 0 Å². The van der Waals surface area contributed by atoms with Crippen molar-refractivity contribution in [3.05, 3.63) is 35.6 Å². The summed E-state index contributed by atoms with van der Waals surface area (Å²) in [6, 6.07) is 8.16. The molecule has 3 heteroatoms. The summed E-state index contributed by atoms with van der Waals surface area (Å²) in [7, 11) is 2.10. The predicted molar refractivity (Wildman–Crippen MR) is 73.0 cm³/mol. The molecule has 0 aromatic heterocycles. The summed E-state index contributed by atoms with van der Waals surface area (Å²) in [5.41, 5.74) is 0.794. The van der Waals surface area contributed by atoms with Gasteiger partial charge in [0.2, 0.25) is 0 Å². The van der Waals surface area contributed by atoms with Crippen LogP contribution >= 0.6 is 0 Å². The zero-order chi connectivity index (χ0) is 13.0. The first-order chi connectivity index (χ1) is 8.72. The fourth-order valence-corrected chi connectivity index (χ4v) is 2.98. The summed E-state index contributed by atoms with van der Waals surface area (Å²) in [6.45, 7) is 3.85. The molecule has 0 spiro atoms. The topological polar surface area (TPSA) is 15.3 Å². The van der Waals surface area contributed by atoms with Crippen molar-refractivity contribution in [1.82, 2.24) is 10.2 Å². The van der Waals surface area contributed by atoms with Crippen LogP contribution in [0.3, 0.4) is 0 Å². The van der Waals surface area contributed by atoms with Gasteiger partial charge < -0.3 is 5.32 Å². The first-order valence-corrected chi connectivity index (χ1v) is 6.89. The number of nitrogens with one attached hydrogen (secondary N) is 1. The lowest BCUT2D eigenvalue weighted by molar-refractivity contribution is 0.202. The van der Waals surface area contributed by atoms with Crippen molar-refractivity contribution in [3.8, 4) is 0 Å². The molecule has 0 heterocycles. The fraction of sp³-hybridized carbons (Fsp3) is 0.600. The van der Waals surface area contributed by atoms with E-state index in [1.807, 2.05) is 12.1 Å². The molecule has 1 aromatic rings. The van der Waals surface area contributed by atoms with Crippen LogP contribution in [0, 0.1) is 5.82 Å². The maximum atomic E-state index is 13.6. The van der Waals surface area contributed by atoms with Crippen molar-refractivity contribution in [2.75, 3.05) is 13.6 Å². The van der Waals surface area contributed by atoms with E-state index in [0.717, 1.165) is 12.1 Å². The van der Waals surface area contributed by atoms with E-state index in [0.29, 0.717) is 18.6 Å². The number of rotatable bonds is 5. The molecule has 0 amide bonds. The van der Waals surface area contributed by atoms with Gasteiger partial charge in [0.1, 0.15) is 5.82 Å². The highest BCUT2D eigenvalue weighted by Crippen LogP contribution is 2.25. The van der Waals surface area contributed by atoms with Gasteiger partial charge in [-0.2, -0.15) is 0 Å². The highest BCUT2D eigenvalue weighted by Gasteiger charge is 2.29. The molecule has 2 rings (SSSR count). The lowest BCUT2D eigenvalue weighted by Gasteiger charge is -2.30. The molecular weight excluding hydrogens is 227 g/mol. The molecule has 100 valence electrons. The van der Waals surface area contributed by atoms with Gasteiger partial charge in [-0.3, -0.25) is 4.90 Å². The molecule has 0 bridgehead atoms. The summed E-state index contributed by atoms with van der Waals surface area (Å²) in [5.74, 6) is -0.0950. The normalized spacial score (nSPS) is 23.8. The Kier molecular flexibility index (Phi) is 4.72. The molecule has 1 aliphatic carbocycles. The Morgan fingerprint density at radius 1 is 1.33 bits per heavy atom. The molecule has 0 aliphatic heterocycles. The summed E-state index contributed by atoms with van der Waals surface area (Å²) >= 11 is 0. The molecule has 1 aliphatic rings. The van der Waals surface area contributed by atoms with Gasteiger partial charge in [0, 0.05) is 24.2 Å². The van der Waals surface area contributed by atoms with Crippen LogP contribution in [-0.4, -0.2) is 30.6 Å². The van der Waals surface area contributed by atoms with Gasteiger partial charge in [-0.25, -0.2) is 4.39 Å².